The van der Waals surface area contributed by atoms with E-state index in [-0.39, 0.29) is 12.1 Å². The number of aliphatic imine (C=N–C) groups is 1. The zero-order chi connectivity index (χ0) is 13.3. The molecule has 1 heterocycles. The lowest BCUT2D eigenvalue weighted by atomic mass is 9.74. The highest BCUT2D eigenvalue weighted by atomic mass is 16.2. The Kier molecular flexibility index (Phi) is 3.34. The summed E-state index contributed by atoms with van der Waals surface area (Å²) in [5, 5.41) is 0. The maximum absolute atomic E-state index is 12.0. The molecule has 4 heteroatoms. The van der Waals surface area contributed by atoms with Crippen molar-refractivity contribution in [3.63, 3.8) is 0 Å². The highest BCUT2D eigenvalue weighted by molar-refractivity contribution is 6.06. The fourth-order valence-electron chi connectivity index (χ4n) is 3.31. The van der Waals surface area contributed by atoms with Crippen LogP contribution in [0.2, 0.25) is 0 Å². The van der Waals surface area contributed by atoms with Gasteiger partial charge in [0.15, 0.2) is 0 Å². The summed E-state index contributed by atoms with van der Waals surface area (Å²) in [6, 6.07) is -0.555. The molecule has 18 heavy (non-hydrogen) atoms. The first-order chi connectivity index (χ1) is 8.51. The molecular formula is C14H21N3O. The van der Waals surface area contributed by atoms with Gasteiger partial charge in [-0.25, -0.2) is 4.79 Å². The van der Waals surface area contributed by atoms with Crippen LogP contribution in [0, 0.1) is 18.3 Å². The topological polar surface area (TPSA) is 58.7 Å². The predicted octanol–water partition coefficient (Wildman–Crippen LogP) is 2.14. The zero-order valence-corrected chi connectivity index (χ0v) is 11.1. The lowest BCUT2D eigenvalue weighted by Gasteiger charge is -2.44. The number of nitrogens with two attached hydrogens (primary N) is 1. The minimum absolute atomic E-state index is 0.269. The average Bonchev–Trinajstić information content (AvgIpc) is 2.61. The molecule has 0 aromatic heterocycles. The molecule has 1 aliphatic heterocycles. The molecule has 0 aromatic carbocycles. The van der Waals surface area contributed by atoms with Gasteiger partial charge < -0.3 is 5.73 Å². The van der Waals surface area contributed by atoms with Gasteiger partial charge in [-0.3, -0.25) is 4.90 Å². The van der Waals surface area contributed by atoms with E-state index in [1.54, 1.807) is 4.90 Å². The van der Waals surface area contributed by atoms with Crippen molar-refractivity contribution in [2.45, 2.75) is 57.5 Å². The number of carbonyl (C=O) groups excluding carboxylic acids is 1. The van der Waals surface area contributed by atoms with E-state index in [9.17, 15) is 4.79 Å². The van der Waals surface area contributed by atoms with Gasteiger partial charge in [-0.05, 0) is 32.6 Å². The molecule has 0 radical (unpaired) electrons. The molecule has 1 saturated carbocycles. The molecule has 2 rings (SSSR count). The number of rotatable bonds is 2. The highest BCUT2D eigenvalue weighted by Crippen LogP contribution is 2.40. The van der Waals surface area contributed by atoms with E-state index in [1.807, 2.05) is 13.8 Å². The van der Waals surface area contributed by atoms with E-state index in [0.29, 0.717) is 11.8 Å². The summed E-state index contributed by atoms with van der Waals surface area (Å²) in [6.45, 7) is 3.87. The molecule has 0 aromatic rings. The SMILES string of the molecule is C#CC(C)N1C(=O)N=C(N)C1(C)C1CCCCC1. The summed E-state index contributed by atoms with van der Waals surface area (Å²) in [5.74, 6) is 3.43. The third kappa shape index (κ3) is 1.78. The van der Waals surface area contributed by atoms with E-state index in [2.05, 4.69) is 10.9 Å². The van der Waals surface area contributed by atoms with Gasteiger partial charge in [-0.1, -0.05) is 25.2 Å². The first-order valence-corrected chi connectivity index (χ1v) is 6.66. The quantitative estimate of drug-likeness (QED) is 0.760. The van der Waals surface area contributed by atoms with E-state index in [0.717, 1.165) is 12.8 Å². The minimum Gasteiger partial charge on any atom is -0.385 e. The third-order valence-corrected chi connectivity index (χ3v) is 4.47. The Morgan fingerprint density at radius 1 is 1.50 bits per heavy atom. The van der Waals surface area contributed by atoms with Gasteiger partial charge in [0.1, 0.15) is 11.4 Å². The van der Waals surface area contributed by atoms with Crippen molar-refractivity contribution in [3.05, 3.63) is 0 Å². The van der Waals surface area contributed by atoms with Gasteiger partial charge in [-0.15, -0.1) is 6.42 Å². The number of carbonyl (C=O) groups is 1. The van der Waals surface area contributed by atoms with E-state index < -0.39 is 5.54 Å². The van der Waals surface area contributed by atoms with Crippen molar-refractivity contribution in [1.82, 2.24) is 4.90 Å². The number of amides is 2. The molecule has 0 saturated heterocycles. The largest absolute Gasteiger partial charge is 0.385 e. The van der Waals surface area contributed by atoms with Gasteiger partial charge in [0, 0.05) is 0 Å². The molecule has 98 valence electrons. The van der Waals surface area contributed by atoms with Gasteiger partial charge in [0.05, 0.1) is 6.04 Å². The molecule has 0 spiro atoms. The summed E-state index contributed by atoms with van der Waals surface area (Å²) >= 11 is 0. The molecule has 2 atom stereocenters. The Hall–Kier alpha value is -1.50. The van der Waals surface area contributed by atoms with Gasteiger partial charge in [0.2, 0.25) is 0 Å². The Morgan fingerprint density at radius 2 is 2.11 bits per heavy atom. The van der Waals surface area contributed by atoms with Crippen molar-refractivity contribution in [2.24, 2.45) is 16.6 Å². The average molecular weight is 247 g/mol. The van der Waals surface area contributed by atoms with Gasteiger partial charge in [-0.2, -0.15) is 4.99 Å². The summed E-state index contributed by atoms with van der Waals surface area (Å²) in [5.41, 5.74) is 5.54. The first kappa shape index (κ1) is 12.9. The van der Waals surface area contributed by atoms with Crippen LogP contribution in [0.1, 0.15) is 46.0 Å². The normalized spacial score (nSPS) is 31.1. The maximum Gasteiger partial charge on any atom is 0.347 e. The van der Waals surface area contributed by atoms with Crippen LogP contribution in [0.15, 0.2) is 4.99 Å². The molecule has 2 aliphatic rings. The molecule has 1 aliphatic carbocycles. The van der Waals surface area contributed by atoms with Crippen LogP contribution in [-0.2, 0) is 0 Å². The number of urea groups is 1. The van der Waals surface area contributed by atoms with Crippen LogP contribution < -0.4 is 5.73 Å². The monoisotopic (exact) mass is 247 g/mol. The van der Waals surface area contributed by atoms with E-state index >= 15 is 0 Å². The van der Waals surface area contributed by atoms with Crippen molar-refractivity contribution >= 4 is 11.9 Å². The van der Waals surface area contributed by atoms with Crippen molar-refractivity contribution in [1.29, 1.82) is 0 Å². The smallest absolute Gasteiger partial charge is 0.347 e. The fraction of sp³-hybridized carbons (Fsp3) is 0.714. The number of terminal acetylenes is 1. The summed E-state index contributed by atoms with van der Waals surface area (Å²) in [6.07, 6.45) is 11.3. The molecule has 2 unspecified atom stereocenters. The molecular weight excluding hydrogens is 226 g/mol. The fourth-order valence-corrected chi connectivity index (χ4v) is 3.31. The summed E-state index contributed by atoms with van der Waals surface area (Å²) in [7, 11) is 0. The maximum atomic E-state index is 12.0. The van der Waals surface area contributed by atoms with Crippen LogP contribution >= 0.6 is 0 Å². The first-order valence-electron chi connectivity index (χ1n) is 6.66. The van der Waals surface area contributed by atoms with Crippen molar-refractivity contribution < 1.29 is 4.79 Å². The highest BCUT2D eigenvalue weighted by Gasteiger charge is 2.51. The van der Waals surface area contributed by atoms with Gasteiger partial charge >= 0.3 is 6.03 Å². The van der Waals surface area contributed by atoms with Crippen LogP contribution in [0.3, 0.4) is 0 Å². The van der Waals surface area contributed by atoms with Crippen LogP contribution in [-0.4, -0.2) is 28.3 Å². The lowest BCUT2D eigenvalue weighted by molar-refractivity contribution is 0.108. The molecule has 2 amide bonds. The Labute approximate surface area is 109 Å². The van der Waals surface area contributed by atoms with E-state index in [1.165, 1.54) is 19.3 Å². The second kappa shape index (κ2) is 4.64. The number of hydrogen-bond acceptors (Lipinski definition) is 2. The Bertz CT molecular complexity index is 417. The molecule has 2 N–H and O–H groups in total. The number of hydrogen-bond donors (Lipinski definition) is 1. The van der Waals surface area contributed by atoms with Crippen LogP contribution in [0.5, 0.6) is 0 Å². The summed E-state index contributed by atoms with van der Waals surface area (Å²) < 4.78 is 0. The van der Waals surface area contributed by atoms with Crippen molar-refractivity contribution in [3.8, 4) is 12.3 Å². The molecule has 4 nitrogen and oxygen atoms in total. The van der Waals surface area contributed by atoms with Crippen LogP contribution in [0.25, 0.3) is 0 Å². The van der Waals surface area contributed by atoms with Crippen molar-refractivity contribution in [2.75, 3.05) is 0 Å². The van der Waals surface area contributed by atoms with E-state index in [4.69, 9.17) is 12.2 Å². The second-order valence-electron chi connectivity index (χ2n) is 5.47. The Balaban J connectivity index is 2.34. The standard InChI is InChI=1S/C14H21N3O/c1-4-10(2)17-13(18)16-12(15)14(17,3)11-8-6-5-7-9-11/h1,10-11H,5-9H2,2-3H3,(H2,15,16,18). The Morgan fingerprint density at radius 3 is 2.67 bits per heavy atom. The number of nitrogens with zero attached hydrogens (tertiary/aromatic N) is 2. The second-order valence-corrected chi connectivity index (χ2v) is 5.47. The zero-order valence-electron chi connectivity index (χ0n) is 11.1. The molecule has 0 bridgehead atoms. The summed E-state index contributed by atoms with van der Waals surface area (Å²) in [4.78, 5) is 17.7. The predicted molar refractivity (Wildman–Crippen MR) is 72.1 cm³/mol. The molecule has 1 fully saturated rings. The number of amidine groups is 1. The minimum atomic E-state index is -0.497. The third-order valence-electron chi connectivity index (χ3n) is 4.47. The lowest BCUT2D eigenvalue weighted by Crippen LogP contribution is -2.59. The van der Waals surface area contributed by atoms with Gasteiger partial charge in [0.25, 0.3) is 0 Å². The van der Waals surface area contributed by atoms with Crippen LogP contribution in [0.4, 0.5) is 4.79 Å².